The van der Waals surface area contributed by atoms with Crippen molar-refractivity contribution >= 4 is 29.1 Å². The highest BCUT2D eigenvalue weighted by Crippen LogP contribution is 2.21. The van der Waals surface area contributed by atoms with Crippen LogP contribution in [-0.2, 0) is 14.4 Å². The molecule has 0 unspecified atom stereocenters. The molecule has 0 aromatic heterocycles. The van der Waals surface area contributed by atoms with Crippen molar-refractivity contribution in [2.24, 2.45) is 0 Å². The number of amides is 3. The molecule has 0 heterocycles. The summed E-state index contributed by atoms with van der Waals surface area (Å²) in [4.78, 5) is 36.9. The van der Waals surface area contributed by atoms with Crippen molar-refractivity contribution in [1.82, 2.24) is 5.32 Å². The van der Waals surface area contributed by atoms with Gasteiger partial charge in [-0.1, -0.05) is 25.3 Å². The van der Waals surface area contributed by atoms with Gasteiger partial charge in [0, 0.05) is 44.2 Å². The fourth-order valence-corrected chi connectivity index (χ4v) is 3.18. The Morgan fingerprint density at radius 1 is 1.12 bits per heavy atom. The Hall–Kier alpha value is -2.37. The third kappa shape index (κ3) is 6.21. The van der Waals surface area contributed by atoms with Crippen LogP contribution in [-0.4, -0.2) is 30.3 Å². The topological polar surface area (TPSA) is 78.5 Å². The fraction of sp³-hybridized carbons (Fsp3) is 0.526. The number of hydrogen-bond acceptors (Lipinski definition) is 3. The minimum absolute atomic E-state index is 0.0174. The molecule has 1 saturated carbocycles. The molecule has 6 heteroatoms. The van der Waals surface area contributed by atoms with E-state index in [-0.39, 0.29) is 30.2 Å². The summed E-state index contributed by atoms with van der Waals surface area (Å²) in [6, 6.07) is 7.35. The molecule has 1 aromatic carbocycles. The van der Waals surface area contributed by atoms with Gasteiger partial charge in [0.1, 0.15) is 0 Å². The average molecular weight is 345 g/mol. The number of nitrogens with zero attached hydrogens (tertiary/aromatic N) is 1. The van der Waals surface area contributed by atoms with E-state index in [2.05, 4.69) is 10.6 Å². The van der Waals surface area contributed by atoms with Gasteiger partial charge in [-0.2, -0.15) is 0 Å². The van der Waals surface area contributed by atoms with E-state index in [9.17, 15) is 14.4 Å². The molecule has 6 nitrogen and oxygen atoms in total. The first-order valence-corrected chi connectivity index (χ1v) is 8.91. The smallest absolute Gasteiger partial charge is 0.223 e. The number of nitrogens with one attached hydrogen (secondary N) is 2. The summed E-state index contributed by atoms with van der Waals surface area (Å²) in [6.07, 6.45) is 5.93. The molecule has 0 bridgehead atoms. The molecule has 25 heavy (non-hydrogen) atoms. The predicted molar refractivity (Wildman–Crippen MR) is 98.4 cm³/mol. The molecule has 136 valence electrons. The maximum atomic E-state index is 12.2. The number of hydrogen-bond donors (Lipinski definition) is 2. The predicted octanol–water partition coefficient (Wildman–Crippen LogP) is 2.84. The molecular formula is C19H27N3O3. The monoisotopic (exact) mass is 345 g/mol. The lowest BCUT2D eigenvalue weighted by Crippen LogP contribution is -2.39. The van der Waals surface area contributed by atoms with Gasteiger partial charge in [-0.05, 0) is 31.0 Å². The Morgan fingerprint density at radius 2 is 1.84 bits per heavy atom. The van der Waals surface area contributed by atoms with Gasteiger partial charge in [0.25, 0.3) is 0 Å². The largest absolute Gasteiger partial charge is 0.353 e. The highest BCUT2D eigenvalue weighted by atomic mass is 16.2. The van der Waals surface area contributed by atoms with Crippen LogP contribution in [0.15, 0.2) is 24.3 Å². The van der Waals surface area contributed by atoms with E-state index in [0.29, 0.717) is 17.9 Å². The van der Waals surface area contributed by atoms with E-state index < -0.39 is 0 Å². The number of carbonyl (C=O) groups is 3. The molecule has 1 aliphatic rings. The first-order valence-electron chi connectivity index (χ1n) is 8.91. The van der Waals surface area contributed by atoms with Crippen LogP contribution in [0.25, 0.3) is 0 Å². The molecule has 0 radical (unpaired) electrons. The van der Waals surface area contributed by atoms with Gasteiger partial charge in [-0.15, -0.1) is 0 Å². The highest BCUT2D eigenvalue weighted by molar-refractivity contribution is 5.94. The van der Waals surface area contributed by atoms with Crippen molar-refractivity contribution in [3.8, 4) is 0 Å². The maximum absolute atomic E-state index is 12.2. The molecule has 0 spiro atoms. The van der Waals surface area contributed by atoms with Crippen LogP contribution in [0.1, 0.15) is 52.4 Å². The van der Waals surface area contributed by atoms with Gasteiger partial charge in [-0.25, -0.2) is 0 Å². The lowest BCUT2D eigenvalue weighted by atomic mass is 9.95. The molecule has 1 aromatic rings. The van der Waals surface area contributed by atoms with Crippen LogP contribution >= 0.6 is 0 Å². The second-order valence-corrected chi connectivity index (χ2v) is 6.55. The molecule has 0 saturated heterocycles. The normalized spacial score (nSPS) is 14.6. The van der Waals surface area contributed by atoms with Crippen molar-refractivity contribution < 1.29 is 14.4 Å². The van der Waals surface area contributed by atoms with Gasteiger partial charge in [0.05, 0.1) is 0 Å². The van der Waals surface area contributed by atoms with Crippen LogP contribution in [0, 0.1) is 0 Å². The van der Waals surface area contributed by atoms with Crippen LogP contribution in [0.4, 0.5) is 11.4 Å². The van der Waals surface area contributed by atoms with Crippen molar-refractivity contribution in [2.45, 2.75) is 58.4 Å². The second-order valence-electron chi connectivity index (χ2n) is 6.55. The van der Waals surface area contributed by atoms with Gasteiger partial charge in [0.2, 0.25) is 17.7 Å². The summed E-state index contributed by atoms with van der Waals surface area (Å²) in [5, 5.41) is 5.77. The van der Waals surface area contributed by atoms with E-state index in [4.69, 9.17) is 0 Å². The summed E-state index contributed by atoms with van der Waals surface area (Å²) in [5.74, 6) is -0.319. The zero-order valence-electron chi connectivity index (χ0n) is 15.0. The van der Waals surface area contributed by atoms with Gasteiger partial charge < -0.3 is 15.5 Å². The summed E-state index contributed by atoms with van der Waals surface area (Å²) >= 11 is 0. The molecule has 3 amide bonds. The molecule has 1 fully saturated rings. The van der Waals surface area contributed by atoms with Gasteiger partial charge in [-0.3, -0.25) is 14.4 Å². The van der Waals surface area contributed by atoms with Crippen LogP contribution in [0.5, 0.6) is 0 Å². The molecule has 0 atom stereocenters. The molecule has 2 rings (SSSR count). The first kappa shape index (κ1) is 19.0. The standard InChI is InChI=1S/C19H27N3O3/c1-14(23)20-17-9-6-10-18(13-17)22(15(2)24)12-11-19(25)21-16-7-4-3-5-8-16/h6,9-10,13,16H,3-5,7-8,11-12H2,1-2H3,(H,20,23)(H,21,25). The van der Waals surface area contributed by atoms with Crippen molar-refractivity contribution in [3.63, 3.8) is 0 Å². The third-order valence-corrected chi connectivity index (χ3v) is 4.39. The molecule has 0 aliphatic heterocycles. The fourth-order valence-electron chi connectivity index (χ4n) is 3.18. The van der Waals surface area contributed by atoms with E-state index in [0.717, 1.165) is 12.8 Å². The van der Waals surface area contributed by atoms with Gasteiger partial charge in [0.15, 0.2) is 0 Å². The molecular weight excluding hydrogens is 318 g/mol. The Balaban J connectivity index is 1.95. The Bertz CT molecular complexity index is 624. The van der Waals surface area contributed by atoms with Crippen molar-refractivity contribution in [1.29, 1.82) is 0 Å². The summed E-state index contributed by atoms with van der Waals surface area (Å²) in [7, 11) is 0. The van der Waals surface area contributed by atoms with E-state index in [1.54, 1.807) is 29.2 Å². The Labute approximate surface area is 149 Å². The van der Waals surface area contributed by atoms with E-state index in [1.165, 1.54) is 33.1 Å². The highest BCUT2D eigenvalue weighted by Gasteiger charge is 2.18. The average Bonchev–Trinajstić information content (AvgIpc) is 2.55. The zero-order valence-corrected chi connectivity index (χ0v) is 15.0. The molecule has 2 N–H and O–H groups in total. The van der Waals surface area contributed by atoms with Crippen LogP contribution < -0.4 is 15.5 Å². The lowest BCUT2D eigenvalue weighted by Gasteiger charge is -2.25. The maximum Gasteiger partial charge on any atom is 0.223 e. The minimum atomic E-state index is -0.168. The quantitative estimate of drug-likeness (QED) is 0.832. The number of anilines is 2. The third-order valence-electron chi connectivity index (χ3n) is 4.39. The van der Waals surface area contributed by atoms with E-state index in [1.807, 2.05) is 0 Å². The van der Waals surface area contributed by atoms with Crippen LogP contribution in [0.2, 0.25) is 0 Å². The molecule has 1 aliphatic carbocycles. The van der Waals surface area contributed by atoms with Gasteiger partial charge >= 0.3 is 0 Å². The van der Waals surface area contributed by atoms with Crippen molar-refractivity contribution in [3.05, 3.63) is 24.3 Å². The number of rotatable bonds is 6. The Kier molecular flexibility index (Phi) is 6.98. The number of benzene rings is 1. The SMILES string of the molecule is CC(=O)Nc1cccc(N(CCC(=O)NC2CCCCC2)C(C)=O)c1. The minimum Gasteiger partial charge on any atom is -0.353 e. The summed E-state index contributed by atoms with van der Waals surface area (Å²) < 4.78 is 0. The summed E-state index contributed by atoms with van der Waals surface area (Å²) in [5.41, 5.74) is 1.30. The zero-order chi connectivity index (χ0) is 18.2. The second kappa shape index (κ2) is 9.20. The van der Waals surface area contributed by atoms with Crippen LogP contribution in [0.3, 0.4) is 0 Å². The first-order chi connectivity index (χ1) is 12.0. The lowest BCUT2D eigenvalue weighted by molar-refractivity contribution is -0.122. The number of carbonyl (C=O) groups excluding carboxylic acids is 3. The Morgan fingerprint density at radius 3 is 2.48 bits per heavy atom. The summed E-state index contributed by atoms with van der Waals surface area (Å²) in [6.45, 7) is 3.23. The van der Waals surface area contributed by atoms with E-state index >= 15 is 0 Å². The van der Waals surface area contributed by atoms with Crippen molar-refractivity contribution in [2.75, 3.05) is 16.8 Å².